The first kappa shape index (κ1) is 14.0. The van der Waals surface area contributed by atoms with Gasteiger partial charge in [-0.3, -0.25) is 10.1 Å². The Bertz CT molecular complexity index is 424. The van der Waals surface area contributed by atoms with E-state index >= 15 is 0 Å². The van der Waals surface area contributed by atoms with Crippen LogP contribution < -0.4 is 5.32 Å². The summed E-state index contributed by atoms with van der Waals surface area (Å²) in [5.74, 6) is 0.778. The van der Waals surface area contributed by atoms with Crippen LogP contribution in [-0.4, -0.2) is 11.0 Å². The maximum atomic E-state index is 10.6. The van der Waals surface area contributed by atoms with Crippen LogP contribution in [0.2, 0.25) is 0 Å². The molecule has 0 heterocycles. The van der Waals surface area contributed by atoms with Crippen LogP contribution >= 0.6 is 0 Å². The fourth-order valence-electron chi connectivity index (χ4n) is 2.97. The fraction of sp³-hybridized carbons (Fsp3) is 0.600. The molecule has 1 N–H and O–H groups in total. The number of nitrogens with one attached hydrogen (secondary N) is 1. The molecule has 4 heteroatoms. The molecule has 1 unspecified atom stereocenters. The number of rotatable bonds is 5. The SMILES string of the molecule is CC(N[C@H](C)C1CCCC1)c1ccc([N+](=O)[O-])cc1. The van der Waals surface area contributed by atoms with E-state index in [2.05, 4.69) is 19.2 Å². The summed E-state index contributed by atoms with van der Waals surface area (Å²) in [7, 11) is 0. The molecule has 19 heavy (non-hydrogen) atoms. The summed E-state index contributed by atoms with van der Waals surface area (Å²) in [6.45, 7) is 4.37. The Kier molecular flexibility index (Phi) is 4.53. The van der Waals surface area contributed by atoms with E-state index in [4.69, 9.17) is 0 Å². The third-order valence-electron chi connectivity index (χ3n) is 4.22. The number of hydrogen-bond acceptors (Lipinski definition) is 3. The first-order chi connectivity index (χ1) is 9.08. The van der Waals surface area contributed by atoms with Gasteiger partial charge in [0.05, 0.1) is 4.92 Å². The highest BCUT2D eigenvalue weighted by molar-refractivity contribution is 5.34. The third kappa shape index (κ3) is 3.53. The van der Waals surface area contributed by atoms with Crippen LogP contribution in [0, 0.1) is 16.0 Å². The van der Waals surface area contributed by atoms with Gasteiger partial charge in [0.2, 0.25) is 0 Å². The van der Waals surface area contributed by atoms with E-state index in [1.54, 1.807) is 12.1 Å². The lowest BCUT2D eigenvalue weighted by Gasteiger charge is -2.25. The average molecular weight is 262 g/mol. The zero-order valence-electron chi connectivity index (χ0n) is 11.6. The maximum absolute atomic E-state index is 10.6. The van der Waals surface area contributed by atoms with Gasteiger partial charge in [-0.05, 0) is 38.2 Å². The Morgan fingerprint density at radius 3 is 2.32 bits per heavy atom. The third-order valence-corrected chi connectivity index (χ3v) is 4.22. The zero-order chi connectivity index (χ0) is 13.8. The van der Waals surface area contributed by atoms with Gasteiger partial charge in [-0.15, -0.1) is 0 Å². The molecule has 1 fully saturated rings. The van der Waals surface area contributed by atoms with Crippen molar-refractivity contribution < 1.29 is 4.92 Å². The molecule has 0 saturated heterocycles. The fourth-order valence-corrected chi connectivity index (χ4v) is 2.97. The Morgan fingerprint density at radius 2 is 1.79 bits per heavy atom. The van der Waals surface area contributed by atoms with E-state index in [1.807, 2.05) is 12.1 Å². The molecule has 4 nitrogen and oxygen atoms in total. The lowest BCUT2D eigenvalue weighted by atomic mass is 9.98. The predicted molar refractivity (Wildman–Crippen MR) is 76.1 cm³/mol. The van der Waals surface area contributed by atoms with Gasteiger partial charge < -0.3 is 5.32 Å². The Labute approximate surface area is 114 Å². The van der Waals surface area contributed by atoms with E-state index in [9.17, 15) is 10.1 Å². The first-order valence-electron chi connectivity index (χ1n) is 7.08. The van der Waals surface area contributed by atoms with Crippen molar-refractivity contribution in [2.24, 2.45) is 5.92 Å². The Hall–Kier alpha value is -1.42. The molecule has 0 aliphatic heterocycles. The van der Waals surface area contributed by atoms with Crippen LogP contribution in [0.25, 0.3) is 0 Å². The van der Waals surface area contributed by atoms with Gasteiger partial charge in [0.1, 0.15) is 0 Å². The van der Waals surface area contributed by atoms with E-state index in [0.29, 0.717) is 6.04 Å². The second kappa shape index (κ2) is 6.15. The second-order valence-corrected chi connectivity index (χ2v) is 5.57. The lowest BCUT2D eigenvalue weighted by Crippen LogP contribution is -2.34. The molecule has 1 aliphatic rings. The van der Waals surface area contributed by atoms with Gasteiger partial charge in [0.15, 0.2) is 0 Å². The van der Waals surface area contributed by atoms with Crippen molar-refractivity contribution in [3.8, 4) is 0 Å². The molecular weight excluding hydrogens is 240 g/mol. The van der Waals surface area contributed by atoms with E-state index in [0.717, 1.165) is 11.5 Å². The summed E-state index contributed by atoms with van der Waals surface area (Å²) in [6.07, 6.45) is 5.34. The van der Waals surface area contributed by atoms with Crippen molar-refractivity contribution in [1.29, 1.82) is 0 Å². The number of hydrogen-bond donors (Lipinski definition) is 1. The number of nitro groups is 1. The summed E-state index contributed by atoms with van der Waals surface area (Å²) in [6, 6.07) is 7.58. The monoisotopic (exact) mass is 262 g/mol. The summed E-state index contributed by atoms with van der Waals surface area (Å²) < 4.78 is 0. The quantitative estimate of drug-likeness (QED) is 0.648. The van der Waals surface area contributed by atoms with E-state index < -0.39 is 0 Å². The molecule has 104 valence electrons. The van der Waals surface area contributed by atoms with Gasteiger partial charge in [0, 0.05) is 24.2 Å². The molecule has 1 aromatic carbocycles. The summed E-state index contributed by atoms with van der Waals surface area (Å²) in [4.78, 5) is 10.3. The smallest absolute Gasteiger partial charge is 0.269 e. The van der Waals surface area contributed by atoms with Crippen molar-refractivity contribution in [1.82, 2.24) is 5.32 Å². The molecule has 0 aromatic heterocycles. The number of nitrogens with zero attached hydrogens (tertiary/aromatic N) is 1. The largest absolute Gasteiger partial charge is 0.307 e. The molecule has 0 spiro atoms. The van der Waals surface area contributed by atoms with Crippen LogP contribution in [0.4, 0.5) is 5.69 Å². The molecule has 0 bridgehead atoms. The number of nitro benzene ring substituents is 1. The second-order valence-electron chi connectivity index (χ2n) is 5.57. The standard InChI is InChI=1S/C15H22N2O2/c1-11(13-5-3-4-6-13)16-12(2)14-7-9-15(10-8-14)17(18)19/h7-13,16H,3-6H2,1-2H3/t11-,12?/m1/s1. The van der Waals surface area contributed by atoms with Crippen LogP contribution in [0.1, 0.15) is 51.1 Å². The van der Waals surface area contributed by atoms with Gasteiger partial charge in [-0.1, -0.05) is 25.0 Å². The molecule has 1 saturated carbocycles. The van der Waals surface area contributed by atoms with E-state index in [-0.39, 0.29) is 16.7 Å². The molecule has 0 radical (unpaired) electrons. The Morgan fingerprint density at radius 1 is 1.21 bits per heavy atom. The Balaban J connectivity index is 1.95. The number of benzene rings is 1. The van der Waals surface area contributed by atoms with Gasteiger partial charge in [-0.2, -0.15) is 0 Å². The minimum atomic E-state index is -0.358. The average Bonchev–Trinajstić information content (AvgIpc) is 2.92. The highest BCUT2D eigenvalue weighted by Crippen LogP contribution is 2.29. The van der Waals surface area contributed by atoms with Gasteiger partial charge >= 0.3 is 0 Å². The van der Waals surface area contributed by atoms with Gasteiger partial charge in [-0.25, -0.2) is 0 Å². The molecule has 1 aromatic rings. The summed E-state index contributed by atoms with van der Waals surface area (Å²) in [5, 5.41) is 14.2. The molecular formula is C15H22N2O2. The first-order valence-corrected chi connectivity index (χ1v) is 7.08. The summed E-state index contributed by atoms with van der Waals surface area (Å²) in [5.41, 5.74) is 1.26. The molecule has 1 aliphatic carbocycles. The van der Waals surface area contributed by atoms with Crippen LogP contribution in [0.5, 0.6) is 0 Å². The number of non-ortho nitro benzene ring substituents is 1. The minimum Gasteiger partial charge on any atom is -0.307 e. The molecule has 2 rings (SSSR count). The topological polar surface area (TPSA) is 55.2 Å². The van der Waals surface area contributed by atoms with Crippen LogP contribution in [0.3, 0.4) is 0 Å². The van der Waals surface area contributed by atoms with E-state index in [1.165, 1.54) is 25.7 Å². The highest BCUT2D eigenvalue weighted by Gasteiger charge is 2.22. The van der Waals surface area contributed by atoms with Gasteiger partial charge in [0.25, 0.3) is 5.69 Å². The predicted octanol–water partition coefficient (Wildman–Crippen LogP) is 3.82. The lowest BCUT2D eigenvalue weighted by molar-refractivity contribution is -0.384. The summed E-state index contributed by atoms with van der Waals surface area (Å²) >= 11 is 0. The highest BCUT2D eigenvalue weighted by atomic mass is 16.6. The van der Waals surface area contributed by atoms with Crippen molar-refractivity contribution in [3.05, 3.63) is 39.9 Å². The van der Waals surface area contributed by atoms with Crippen molar-refractivity contribution in [2.75, 3.05) is 0 Å². The van der Waals surface area contributed by atoms with Crippen molar-refractivity contribution >= 4 is 5.69 Å². The minimum absolute atomic E-state index is 0.153. The van der Waals surface area contributed by atoms with Crippen molar-refractivity contribution in [3.63, 3.8) is 0 Å². The van der Waals surface area contributed by atoms with Crippen molar-refractivity contribution in [2.45, 2.75) is 51.6 Å². The van der Waals surface area contributed by atoms with Crippen LogP contribution in [0.15, 0.2) is 24.3 Å². The van der Waals surface area contributed by atoms with Crippen LogP contribution in [-0.2, 0) is 0 Å². The molecule has 2 atom stereocenters. The zero-order valence-corrected chi connectivity index (χ0v) is 11.6. The normalized spacial score (nSPS) is 19.3. The molecule has 0 amide bonds. The maximum Gasteiger partial charge on any atom is 0.269 e.